The fourth-order valence-corrected chi connectivity index (χ4v) is 2.22. The van der Waals surface area contributed by atoms with Gasteiger partial charge in [-0.2, -0.15) is 0 Å². The van der Waals surface area contributed by atoms with Gasteiger partial charge in [0.25, 0.3) is 0 Å². The lowest BCUT2D eigenvalue weighted by Crippen LogP contribution is -2.09. The lowest BCUT2D eigenvalue weighted by molar-refractivity contribution is -0.144. The van der Waals surface area contributed by atoms with Gasteiger partial charge in [-0.1, -0.05) is 5.16 Å². The molecule has 0 unspecified atom stereocenters. The van der Waals surface area contributed by atoms with Crippen LogP contribution >= 0.6 is 0 Å². The van der Waals surface area contributed by atoms with Crippen molar-refractivity contribution in [2.24, 2.45) is 0 Å². The van der Waals surface area contributed by atoms with Crippen molar-refractivity contribution in [3.8, 4) is 11.3 Å². The summed E-state index contributed by atoms with van der Waals surface area (Å²) in [5.41, 5.74) is 2.08. The number of carbonyl (C=O) groups is 1. The second kappa shape index (κ2) is 6.66. The molecule has 3 aromatic rings. The molecule has 0 N–H and O–H groups in total. The normalized spacial score (nSPS) is 10.8. The number of oxazole rings is 1. The molecule has 2 heterocycles. The molecule has 0 saturated heterocycles. The second-order valence-corrected chi connectivity index (χ2v) is 5.27. The standard InChI is InChI=1S/C17H15FN2O4/c1-10-14(11(2)24-20-10)7-17(21)22-9-16-19-8-15(23-16)12-3-5-13(18)6-4-12/h3-6,8H,7,9H2,1-2H3. The molecule has 1 aromatic carbocycles. The van der Waals surface area contributed by atoms with Gasteiger partial charge in [0.05, 0.1) is 18.3 Å². The van der Waals surface area contributed by atoms with E-state index in [-0.39, 0.29) is 24.7 Å². The van der Waals surface area contributed by atoms with E-state index in [0.717, 1.165) is 5.56 Å². The Morgan fingerprint density at radius 2 is 2.00 bits per heavy atom. The highest BCUT2D eigenvalue weighted by molar-refractivity contribution is 5.73. The summed E-state index contributed by atoms with van der Waals surface area (Å²) in [7, 11) is 0. The number of ether oxygens (including phenoxy) is 1. The Hall–Kier alpha value is -2.96. The first-order valence-electron chi connectivity index (χ1n) is 7.31. The van der Waals surface area contributed by atoms with E-state index in [2.05, 4.69) is 10.1 Å². The molecule has 0 aliphatic rings. The van der Waals surface area contributed by atoms with Gasteiger partial charge in [0.15, 0.2) is 12.4 Å². The van der Waals surface area contributed by atoms with Crippen LogP contribution in [0.1, 0.15) is 22.9 Å². The average Bonchev–Trinajstić information content (AvgIpc) is 3.16. The van der Waals surface area contributed by atoms with E-state index < -0.39 is 5.97 Å². The summed E-state index contributed by atoms with van der Waals surface area (Å²) in [6.07, 6.45) is 1.58. The number of halogens is 1. The van der Waals surface area contributed by atoms with E-state index in [1.165, 1.54) is 18.3 Å². The maximum Gasteiger partial charge on any atom is 0.310 e. The summed E-state index contributed by atoms with van der Waals surface area (Å²) in [5, 5.41) is 3.79. The smallest absolute Gasteiger partial charge is 0.310 e. The topological polar surface area (TPSA) is 78.4 Å². The van der Waals surface area contributed by atoms with Crippen LogP contribution in [0, 0.1) is 19.7 Å². The number of rotatable bonds is 5. The van der Waals surface area contributed by atoms with E-state index in [0.29, 0.717) is 22.8 Å². The van der Waals surface area contributed by atoms with Gasteiger partial charge in [-0.25, -0.2) is 9.37 Å². The van der Waals surface area contributed by atoms with Crippen LogP contribution in [0.5, 0.6) is 0 Å². The van der Waals surface area contributed by atoms with Gasteiger partial charge in [0.2, 0.25) is 5.89 Å². The summed E-state index contributed by atoms with van der Waals surface area (Å²) in [6.45, 7) is 3.43. The Bertz CT molecular complexity index is 832. The van der Waals surface area contributed by atoms with Crippen LogP contribution in [-0.4, -0.2) is 16.1 Å². The predicted octanol–water partition coefficient (Wildman–Crippen LogP) is 3.37. The molecule has 0 atom stereocenters. The first-order chi connectivity index (χ1) is 11.5. The van der Waals surface area contributed by atoms with E-state index in [1.807, 2.05) is 0 Å². The average molecular weight is 330 g/mol. The van der Waals surface area contributed by atoms with Gasteiger partial charge in [-0.3, -0.25) is 4.79 Å². The van der Waals surface area contributed by atoms with Crippen LogP contribution in [-0.2, 0) is 22.6 Å². The fourth-order valence-electron chi connectivity index (χ4n) is 2.22. The number of hydrogen-bond acceptors (Lipinski definition) is 6. The van der Waals surface area contributed by atoms with E-state index in [4.69, 9.17) is 13.7 Å². The van der Waals surface area contributed by atoms with Crippen molar-refractivity contribution in [2.45, 2.75) is 26.9 Å². The Balaban J connectivity index is 1.59. The van der Waals surface area contributed by atoms with Gasteiger partial charge < -0.3 is 13.7 Å². The maximum absolute atomic E-state index is 12.9. The third kappa shape index (κ3) is 3.51. The third-order valence-corrected chi connectivity index (χ3v) is 3.54. The molecule has 0 radical (unpaired) electrons. The molecule has 24 heavy (non-hydrogen) atoms. The minimum Gasteiger partial charge on any atom is -0.455 e. The van der Waals surface area contributed by atoms with Crippen LogP contribution in [0.15, 0.2) is 39.4 Å². The molecular weight excluding hydrogens is 315 g/mol. The number of benzene rings is 1. The Morgan fingerprint density at radius 1 is 1.25 bits per heavy atom. The van der Waals surface area contributed by atoms with Gasteiger partial charge in [-0.05, 0) is 38.1 Å². The molecule has 0 aliphatic carbocycles. The van der Waals surface area contributed by atoms with Crippen molar-refractivity contribution in [3.05, 3.63) is 59.2 Å². The van der Waals surface area contributed by atoms with Crippen molar-refractivity contribution in [2.75, 3.05) is 0 Å². The summed E-state index contributed by atoms with van der Waals surface area (Å²) in [5.74, 6) is 0.588. The predicted molar refractivity (Wildman–Crippen MR) is 81.4 cm³/mol. The van der Waals surface area contributed by atoms with Crippen molar-refractivity contribution in [1.82, 2.24) is 10.1 Å². The number of esters is 1. The Kier molecular flexibility index (Phi) is 4.41. The highest BCUT2D eigenvalue weighted by atomic mass is 19.1. The Labute approximate surface area is 137 Å². The molecule has 0 fully saturated rings. The van der Waals surface area contributed by atoms with Crippen LogP contribution in [0.25, 0.3) is 11.3 Å². The van der Waals surface area contributed by atoms with Crippen molar-refractivity contribution in [3.63, 3.8) is 0 Å². The molecule has 2 aromatic heterocycles. The third-order valence-electron chi connectivity index (χ3n) is 3.54. The molecule has 0 saturated carbocycles. The quantitative estimate of drug-likeness (QED) is 0.667. The van der Waals surface area contributed by atoms with Crippen molar-refractivity contribution < 1.29 is 22.9 Å². The lowest BCUT2D eigenvalue weighted by atomic mass is 10.1. The SMILES string of the molecule is Cc1noc(C)c1CC(=O)OCc1ncc(-c2ccc(F)cc2)o1. The van der Waals surface area contributed by atoms with E-state index in [9.17, 15) is 9.18 Å². The number of nitrogens with zero attached hydrogens (tertiary/aromatic N) is 2. The largest absolute Gasteiger partial charge is 0.455 e. The molecular formula is C17H15FN2O4. The van der Waals surface area contributed by atoms with Crippen LogP contribution < -0.4 is 0 Å². The van der Waals surface area contributed by atoms with Crippen LogP contribution in [0.4, 0.5) is 4.39 Å². The highest BCUT2D eigenvalue weighted by Gasteiger charge is 2.15. The summed E-state index contributed by atoms with van der Waals surface area (Å²) in [6, 6.07) is 5.84. The first kappa shape index (κ1) is 15.9. The lowest BCUT2D eigenvalue weighted by Gasteiger charge is -2.02. The zero-order chi connectivity index (χ0) is 17.1. The number of hydrogen-bond donors (Lipinski definition) is 0. The minimum absolute atomic E-state index is 0.0761. The number of aryl methyl sites for hydroxylation is 2. The number of carbonyl (C=O) groups excluding carboxylic acids is 1. The van der Waals surface area contributed by atoms with Gasteiger partial charge >= 0.3 is 5.97 Å². The van der Waals surface area contributed by atoms with E-state index in [1.54, 1.807) is 26.0 Å². The van der Waals surface area contributed by atoms with Gasteiger partial charge in [0, 0.05) is 11.1 Å². The first-order valence-corrected chi connectivity index (χ1v) is 7.31. The van der Waals surface area contributed by atoms with E-state index >= 15 is 0 Å². The molecule has 3 rings (SSSR count). The Morgan fingerprint density at radius 3 is 2.67 bits per heavy atom. The highest BCUT2D eigenvalue weighted by Crippen LogP contribution is 2.21. The molecule has 7 heteroatoms. The monoisotopic (exact) mass is 330 g/mol. The summed E-state index contributed by atoms with van der Waals surface area (Å²) >= 11 is 0. The van der Waals surface area contributed by atoms with Crippen molar-refractivity contribution in [1.29, 1.82) is 0 Å². The molecule has 0 aliphatic heterocycles. The molecule has 124 valence electrons. The number of aromatic nitrogens is 2. The zero-order valence-electron chi connectivity index (χ0n) is 13.2. The molecule has 0 bridgehead atoms. The minimum atomic E-state index is -0.425. The summed E-state index contributed by atoms with van der Waals surface area (Å²) in [4.78, 5) is 16.0. The molecule has 0 spiro atoms. The molecule has 0 amide bonds. The second-order valence-electron chi connectivity index (χ2n) is 5.27. The molecule has 6 nitrogen and oxygen atoms in total. The summed E-state index contributed by atoms with van der Waals surface area (Å²) < 4.78 is 28.6. The zero-order valence-corrected chi connectivity index (χ0v) is 13.2. The van der Waals surface area contributed by atoms with Crippen LogP contribution in [0.3, 0.4) is 0 Å². The fraction of sp³-hybridized carbons (Fsp3) is 0.235. The maximum atomic E-state index is 12.9. The van der Waals surface area contributed by atoms with Gasteiger partial charge in [0.1, 0.15) is 11.6 Å². The van der Waals surface area contributed by atoms with Crippen LogP contribution in [0.2, 0.25) is 0 Å². The van der Waals surface area contributed by atoms with Gasteiger partial charge in [-0.15, -0.1) is 0 Å². The van der Waals surface area contributed by atoms with Crippen molar-refractivity contribution >= 4 is 5.97 Å².